The minimum absolute atomic E-state index is 0.229. The maximum absolute atomic E-state index is 14.0. The zero-order valence-electron chi connectivity index (χ0n) is 27.3. The molecule has 2 aromatic heterocycles. The predicted octanol–water partition coefficient (Wildman–Crippen LogP) is 6.89. The molecule has 0 unspecified atom stereocenters. The van der Waals surface area contributed by atoms with E-state index in [0.29, 0.717) is 30.0 Å². The number of anilines is 1. The molecule has 48 heavy (non-hydrogen) atoms. The van der Waals surface area contributed by atoms with Crippen molar-refractivity contribution in [3.63, 3.8) is 0 Å². The van der Waals surface area contributed by atoms with Gasteiger partial charge in [0.25, 0.3) is 5.91 Å². The second kappa shape index (κ2) is 13.7. The highest BCUT2D eigenvalue weighted by atomic mass is 17.2. The first kappa shape index (κ1) is 31.8. The molecule has 0 atom stereocenters. The Morgan fingerprint density at radius 1 is 0.938 bits per heavy atom. The van der Waals surface area contributed by atoms with E-state index >= 15 is 0 Å². The highest BCUT2D eigenvalue weighted by Crippen LogP contribution is 2.45. The molecule has 7 rings (SSSR count). The lowest BCUT2D eigenvalue weighted by Gasteiger charge is -2.29. The molecule has 10 nitrogen and oxygen atoms in total. The van der Waals surface area contributed by atoms with E-state index in [1.165, 1.54) is 43.4 Å². The van der Waals surface area contributed by atoms with Gasteiger partial charge in [-0.3, -0.25) is 24.4 Å². The van der Waals surface area contributed by atoms with E-state index < -0.39 is 11.5 Å². The van der Waals surface area contributed by atoms with Gasteiger partial charge in [0.15, 0.2) is 0 Å². The summed E-state index contributed by atoms with van der Waals surface area (Å²) < 4.78 is 2.37. The molecule has 2 aliphatic carbocycles. The Kier molecular flexibility index (Phi) is 9.08. The van der Waals surface area contributed by atoms with Crippen molar-refractivity contribution in [1.29, 1.82) is 0 Å². The summed E-state index contributed by atoms with van der Waals surface area (Å²) in [5.41, 5.74) is 6.47. The van der Waals surface area contributed by atoms with Gasteiger partial charge in [-0.05, 0) is 85.9 Å². The molecule has 3 aliphatic rings. The van der Waals surface area contributed by atoms with Crippen LogP contribution in [0.15, 0.2) is 60.9 Å². The van der Waals surface area contributed by atoms with Gasteiger partial charge >= 0.3 is 5.97 Å². The molecular weight excluding hydrogens is 606 g/mol. The molecule has 4 aromatic rings. The summed E-state index contributed by atoms with van der Waals surface area (Å²) in [6.07, 6.45) is 17.1. The van der Waals surface area contributed by atoms with Gasteiger partial charge in [0, 0.05) is 47.2 Å². The fourth-order valence-electron chi connectivity index (χ4n) is 7.84. The van der Waals surface area contributed by atoms with Crippen molar-refractivity contribution in [2.24, 2.45) is 0 Å². The quantitative estimate of drug-likeness (QED) is 0.121. The fraction of sp³-hybridized carbons (Fsp3) is 0.395. The average molecular weight is 648 g/mol. The van der Waals surface area contributed by atoms with Crippen LogP contribution in [0.4, 0.5) is 5.69 Å². The number of aromatic nitrogens is 3. The third-order valence-corrected chi connectivity index (χ3v) is 10.2. The van der Waals surface area contributed by atoms with Gasteiger partial charge in [-0.15, -0.1) is 0 Å². The van der Waals surface area contributed by atoms with Gasteiger partial charge in [-0.1, -0.05) is 50.3 Å². The summed E-state index contributed by atoms with van der Waals surface area (Å²) in [7, 11) is 1.26. The third-order valence-electron chi connectivity index (χ3n) is 10.2. The molecule has 0 radical (unpaired) electrons. The number of rotatable bonds is 8. The molecule has 0 saturated heterocycles. The van der Waals surface area contributed by atoms with Crippen molar-refractivity contribution in [3.05, 3.63) is 83.3 Å². The molecule has 1 aliphatic heterocycles. The van der Waals surface area contributed by atoms with Gasteiger partial charge in [-0.2, -0.15) is 4.89 Å². The minimum Gasteiger partial charge on any atom is -0.339 e. The van der Waals surface area contributed by atoms with Crippen LogP contribution < -0.4 is 10.6 Å². The van der Waals surface area contributed by atoms with Crippen LogP contribution in [0.1, 0.15) is 97.3 Å². The number of hydrogen-bond donors (Lipinski definition) is 2. The molecule has 2 aromatic carbocycles. The summed E-state index contributed by atoms with van der Waals surface area (Å²) in [5.74, 6) is -0.647. The van der Waals surface area contributed by atoms with Crippen LogP contribution in [0.3, 0.4) is 0 Å². The number of aryl methyl sites for hydroxylation is 2. The molecule has 0 spiro atoms. The Labute approximate surface area is 279 Å². The van der Waals surface area contributed by atoms with Gasteiger partial charge in [0.2, 0.25) is 5.91 Å². The third kappa shape index (κ3) is 6.24. The Hall–Kier alpha value is -4.83. The van der Waals surface area contributed by atoms with Crippen LogP contribution in [0, 0.1) is 0 Å². The first-order valence-electron chi connectivity index (χ1n) is 17.1. The summed E-state index contributed by atoms with van der Waals surface area (Å²) >= 11 is 0. The minimum atomic E-state index is -1.01. The van der Waals surface area contributed by atoms with E-state index in [9.17, 15) is 14.4 Å². The smallest absolute Gasteiger partial charge is 0.339 e. The van der Waals surface area contributed by atoms with Crippen LogP contribution in [-0.2, 0) is 32.3 Å². The highest BCUT2D eigenvalue weighted by molar-refractivity contribution is 6.06. The highest BCUT2D eigenvalue weighted by Gasteiger charge is 2.43. The Morgan fingerprint density at radius 3 is 2.48 bits per heavy atom. The topological polar surface area (TPSA) is 124 Å². The molecular formula is C38H41N5O5. The van der Waals surface area contributed by atoms with Crippen LogP contribution in [0.25, 0.3) is 28.4 Å². The van der Waals surface area contributed by atoms with Crippen molar-refractivity contribution >= 4 is 40.4 Å². The molecule has 248 valence electrons. The molecule has 10 heteroatoms. The second-order valence-electron chi connectivity index (χ2n) is 13.2. The van der Waals surface area contributed by atoms with Crippen LogP contribution in [0.2, 0.25) is 0 Å². The normalized spacial score (nSPS) is 17.4. The van der Waals surface area contributed by atoms with Gasteiger partial charge in [-0.25, -0.2) is 4.79 Å². The lowest BCUT2D eigenvalue weighted by atomic mass is 9.82. The van der Waals surface area contributed by atoms with Crippen molar-refractivity contribution in [3.8, 4) is 11.4 Å². The first-order valence-corrected chi connectivity index (χ1v) is 17.1. The summed E-state index contributed by atoms with van der Waals surface area (Å²) in [6, 6.07) is 13.1. The van der Waals surface area contributed by atoms with E-state index in [0.717, 1.165) is 73.2 Å². The summed E-state index contributed by atoms with van der Waals surface area (Å²) in [5, 5.41) is 7.37. The van der Waals surface area contributed by atoms with Crippen LogP contribution in [-0.4, -0.2) is 45.0 Å². The van der Waals surface area contributed by atoms with Gasteiger partial charge in [0.1, 0.15) is 11.2 Å². The second-order valence-corrected chi connectivity index (χ2v) is 13.2. The maximum atomic E-state index is 14.0. The van der Waals surface area contributed by atoms with E-state index in [4.69, 9.17) is 9.97 Å². The van der Waals surface area contributed by atoms with E-state index in [1.807, 2.05) is 12.1 Å². The Morgan fingerprint density at radius 2 is 1.71 bits per heavy atom. The van der Waals surface area contributed by atoms with Crippen molar-refractivity contribution in [1.82, 2.24) is 19.9 Å². The maximum Gasteiger partial charge on any atom is 0.365 e. The van der Waals surface area contributed by atoms with E-state index in [1.54, 1.807) is 42.7 Å². The number of amides is 2. The molecule has 2 N–H and O–H groups in total. The molecule has 0 bridgehead atoms. The first-order chi connectivity index (χ1) is 23.5. The number of nitrogens with zero attached hydrogens (tertiary/aromatic N) is 3. The van der Waals surface area contributed by atoms with Crippen LogP contribution in [0.5, 0.6) is 0 Å². The molecule has 2 saturated carbocycles. The molecule has 2 amide bonds. The van der Waals surface area contributed by atoms with Crippen molar-refractivity contribution < 1.29 is 24.2 Å². The Balaban J connectivity index is 1.16. The zero-order chi connectivity index (χ0) is 33.1. The number of nitrogens with one attached hydrogen (secondary N) is 2. The zero-order valence-corrected chi connectivity index (χ0v) is 27.3. The molecule has 2 fully saturated rings. The van der Waals surface area contributed by atoms with Crippen molar-refractivity contribution in [2.45, 2.75) is 88.6 Å². The Bertz CT molecular complexity index is 1870. The predicted molar refractivity (Wildman–Crippen MR) is 183 cm³/mol. The number of fused-ring (bicyclic) bond motifs is 5. The lowest BCUT2D eigenvalue weighted by molar-refractivity contribution is -0.249. The average Bonchev–Trinajstić information content (AvgIpc) is 3.66. The number of carbonyl (C=O) groups is 3. The summed E-state index contributed by atoms with van der Waals surface area (Å²) in [4.78, 5) is 57.7. The number of carbonyl (C=O) groups excluding carboxylic acids is 3. The standard InChI is InChI=1S/C38H41N5O5/c1-47-48-32(44)18-13-25-11-15-28(16-12-25)41-37(46)38(19-5-6-20-38)42-36(45)27-14-17-29-31(24-27)43-23-7-10-30-34(40-22-21-39-30)35(43)33(29)26-8-3-2-4-9-26/h11-18,21-22,24,26H,2-10,19-20,23H2,1H3,(H,41,46)(H,42,45)/b18-13+. The van der Waals surface area contributed by atoms with Gasteiger partial charge in [0.05, 0.1) is 18.5 Å². The molecule has 3 heterocycles. The van der Waals surface area contributed by atoms with Gasteiger partial charge < -0.3 is 15.2 Å². The number of benzene rings is 2. The fourth-order valence-corrected chi connectivity index (χ4v) is 7.84. The van der Waals surface area contributed by atoms with Crippen molar-refractivity contribution in [2.75, 3.05) is 12.4 Å². The summed E-state index contributed by atoms with van der Waals surface area (Å²) in [6.45, 7) is 0.833. The lowest BCUT2D eigenvalue weighted by Crippen LogP contribution is -2.55. The van der Waals surface area contributed by atoms with E-state index in [2.05, 4.69) is 31.0 Å². The largest absolute Gasteiger partial charge is 0.365 e. The SMILES string of the molecule is COOC(=O)/C=C/c1ccc(NC(=O)C2(NC(=O)c3ccc4c(C5CCCCC5)c5n(c4c3)CCCc3nccnc3-5)CCCC2)cc1. The number of hydrogen-bond acceptors (Lipinski definition) is 7. The monoisotopic (exact) mass is 647 g/mol. The van der Waals surface area contributed by atoms with E-state index in [-0.39, 0.29) is 11.8 Å². The van der Waals surface area contributed by atoms with Crippen LogP contribution >= 0.6 is 0 Å².